The molecule has 0 aliphatic carbocycles. The Morgan fingerprint density at radius 2 is 2.08 bits per heavy atom. The highest BCUT2D eigenvalue weighted by molar-refractivity contribution is 7.99. The second-order valence-electron chi connectivity index (χ2n) is 3.99. The molecule has 0 spiro atoms. The normalized spacial score (nSPS) is 25.3. The third-order valence-electron chi connectivity index (χ3n) is 2.61. The van der Waals surface area contributed by atoms with E-state index in [0.717, 1.165) is 11.3 Å². The molecule has 1 heterocycles. The molecule has 1 aromatic carbocycles. The monoisotopic (exact) mass is 194 g/mol. The quantitative estimate of drug-likeness (QED) is 0.685. The van der Waals surface area contributed by atoms with E-state index in [4.69, 9.17) is 0 Å². The van der Waals surface area contributed by atoms with E-state index < -0.39 is 0 Å². The first kappa shape index (κ1) is 9.10. The molecule has 1 aromatic rings. The van der Waals surface area contributed by atoms with E-state index >= 15 is 0 Å². The van der Waals surface area contributed by atoms with Crippen LogP contribution in [0.4, 0.5) is 0 Å². The van der Waals surface area contributed by atoms with Gasteiger partial charge >= 0.3 is 0 Å². The van der Waals surface area contributed by atoms with Crippen molar-refractivity contribution in [2.24, 2.45) is 0 Å². The number of hydrogen-bond acceptors (Lipinski definition) is 2. The highest BCUT2D eigenvalue weighted by Gasteiger charge is 2.34. The Bertz CT molecular complexity index is 320. The van der Waals surface area contributed by atoms with E-state index in [1.165, 1.54) is 5.56 Å². The molecule has 0 amide bonds. The molecule has 0 radical (unpaired) electrons. The first-order valence-electron chi connectivity index (χ1n) is 4.51. The van der Waals surface area contributed by atoms with Crippen molar-refractivity contribution in [3.05, 3.63) is 35.4 Å². The van der Waals surface area contributed by atoms with Gasteiger partial charge in [0.25, 0.3) is 0 Å². The van der Waals surface area contributed by atoms with Crippen LogP contribution in [0.15, 0.2) is 24.3 Å². The van der Waals surface area contributed by atoms with Gasteiger partial charge in [-0.05, 0) is 25.0 Å². The third-order valence-corrected chi connectivity index (χ3v) is 4.03. The summed E-state index contributed by atoms with van der Waals surface area (Å²) in [6.07, 6.45) is -0.331. The molecule has 0 aromatic heterocycles. The number of benzene rings is 1. The number of thioether (sulfide) groups is 1. The van der Waals surface area contributed by atoms with Gasteiger partial charge in [0.1, 0.15) is 0 Å². The van der Waals surface area contributed by atoms with Crippen LogP contribution in [-0.4, -0.2) is 9.85 Å². The van der Waals surface area contributed by atoms with Gasteiger partial charge in [0, 0.05) is 10.5 Å². The average Bonchev–Trinajstić information content (AvgIpc) is 2.13. The van der Waals surface area contributed by atoms with Crippen LogP contribution in [0.2, 0.25) is 0 Å². The molecule has 1 N–H and O–H groups in total. The predicted molar refractivity (Wildman–Crippen MR) is 56.8 cm³/mol. The molecule has 0 bridgehead atoms. The van der Waals surface area contributed by atoms with Crippen LogP contribution in [0, 0.1) is 0 Å². The second kappa shape index (κ2) is 3.03. The van der Waals surface area contributed by atoms with Crippen molar-refractivity contribution in [2.75, 3.05) is 0 Å². The lowest BCUT2D eigenvalue weighted by Gasteiger charge is -2.35. The molecular formula is C11H14OS. The summed E-state index contributed by atoms with van der Waals surface area (Å²) in [4.78, 5) is 0. The number of aliphatic hydroxyl groups is 1. The molecular weight excluding hydrogens is 180 g/mol. The fourth-order valence-electron chi connectivity index (χ4n) is 1.65. The first-order valence-corrected chi connectivity index (χ1v) is 5.49. The number of aliphatic hydroxyl groups excluding tert-OH is 1. The molecule has 1 aliphatic heterocycles. The lowest BCUT2D eigenvalue weighted by atomic mass is 9.94. The van der Waals surface area contributed by atoms with Crippen LogP contribution >= 0.6 is 11.8 Å². The largest absolute Gasteiger partial charge is 0.387 e. The SMILES string of the molecule is CC1(C)SCc2ccccc2C1O. The standard InChI is InChI=1S/C11H14OS/c1-11(2)10(12)9-6-4-3-5-8(9)7-13-11/h3-6,10,12H,7H2,1-2H3. The van der Waals surface area contributed by atoms with Crippen molar-refractivity contribution in [1.82, 2.24) is 0 Å². The fraction of sp³-hybridized carbons (Fsp3) is 0.455. The van der Waals surface area contributed by atoms with Crippen LogP contribution in [-0.2, 0) is 5.75 Å². The summed E-state index contributed by atoms with van der Waals surface area (Å²) in [6.45, 7) is 4.19. The number of fused-ring (bicyclic) bond motifs is 1. The van der Waals surface area contributed by atoms with Crippen LogP contribution in [0.1, 0.15) is 31.1 Å². The molecule has 2 rings (SSSR count). The molecule has 1 atom stereocenters. The molecule has 1 aliphatic rings. The van der Waals surface area contributed by atoms with Crippen LogP contribution in [0.25, 0.3) is 0 Å². The van der Waals surface area contributed by atoms with E-state index in [9.17, 15) is 5.11 Å². The van der Waals surface area contributed by atoms with Crippen LogP contribution in [0.5, 0.6) is 0 Å². The summed E-state index contributed by atoms with van der Waals surface area (Å²) in [5.41, 5.74) is 2.38. The minimum absolute atomic E-state index is 0.0473. The summed E-state index contributed by atoms with van der Waals surface area (Å²) in [5, 5.41) is 10.1. The molecule has 1 unspecified atom stereocenters. The Labute approximate surface area is 83.2 Å². The topological polar surface area (TPSA) is 20.2 Å². The van der Waals surface area contributed by atoms with E-state index in [2.05, 4.69) is 19.9 Å². The Morgan fingerprint density at radius 3 is 2.85 bits per heavy atom. The first-order chi connectivity index (χ1) is 6.11. The summed E-state index contributed by atoms with van der Waals surface area (Å²) in [5.74, 6) is 1.01. The predicted octanol–water partition coefficient (Wildman–Crippen LogP) is 2.75. The van der Waals surface area contributed by atoms with Gasteiger partial charge in [0.2, 0.25) is 0 Å². The molecule has 70 valence electrons. The van der Waals surface area contributed by atoms with Gasteiger partial charge in [-0.1, -0.05) is 24.3 Å². The van der Waals surface area contributed by atoms with Crippen LogP contribution < -0.4 is 0 Å². The van der Waals surface area contributed by atoms with E-state index in [0.29, 0.717) is 0 Å². The highest BCUT2D eigenvalue weighted by Crippen LogP contribution is 2.45. The average molecular weight is 194 g/mol. The zero-order valence-electron chi connectivity index (χ0n) is 7.95. The highest BCUT2D eigenvalue weighted by atomic mass is 32.2. The maximum atomic E-state index is 10.1. The van der Waals surface area contributed by atoms with Crippen molar-refractivity contribution in [3.63, 3.8) is 0 Å². The molecule has 0 saturated heterocycles. The zero-order valence-corrected chi connectivity index (χ0v) is 8.77. The maximum Gasteiger partial charge on any atom is 0.0934 e. The van der Waals surface area contributed by atoms with E-state index in [1.807, 2.05) is 30.0 Å². The Kier molecular flexibility index (Phi) is 2.12. The van der Waals surface area contributed by atoms with Crippen molar-refractivity contribution in [2.45, 2.75) is 30.5 Å². The minimum Gasteiger partial charge on any atom is -0.387 e. The maximum absolute atomic E-state index is 10.1. The van der Waals surface area contributed by atoms with Gasteiger partial charge < -0.3 is 5.11 Å². The summed E-state index contributed by atoms with van der Waals surface area (Å²) in [7, 11) is 0. The summed E-state index contributed by atoms with van der Waals surface area (Å²) >= 11 is 1.82. The zero-order chi connectivity index (χ0) is 9.47. The fourth-order valence-corrected chi connectivity index (χ4v) is 2.72. The van der Waals surface area contributed by atoms with Gasteiger partial charge in [0.15, 0.2) is 0 Å². The number of rotatable bonds is 0. The minimum atomic E-state index is -0.331. The van der Waals surface area contributed by atoms with Gasteiger partial charge in [-0.15, -0.1) is 11.8 Å². The molecule has 1 nitrogen and oxygen atoms in total. The Morgan fingerprint density at radius 1 is 1.38 bits per heavy atom. The lowest BCUT2D eigenvalue weighted by Crippen LogP contribution is -2.29. The van der Waals surface area contributed by atoms with Gasteiger partial charge in [-0.2, -0.15) is 0 Å². The van der Waals surface area contributed by atoms with Crippen LogP contribution in [0.3, 0.4) is 0 Å². The third kappa shape index (κ3) is 1.49. The van der Waals surface area contributed by atoms with Gasteiger partial charge in [-0.3, -0.25) is 0 Å². The molecule has 13 heavy (non-hydrogen) atoms. The lowest BCUT2D eigenvalue weighted by molar-refractivity contribution is 0.141. The summed E-state index contributed by atoms with van der Waals surface area (Å²) < 4.78 is -0.0473. The van der Waals surface area contributed by atoms with E-state index in [-0.39, 0.29) is 10.9 Å². The Hall–Kier alpha value is -0.470. The Balaban J connectivity index is 2.45. The van der Waals surface area contributed by atoms with Crippen molar-refractivity contribution >= 4 is 11.8 Å². The van der Waals surface area contributed by atoms with Crippen molar-refractivity contribution in [3.8, 4) is 0 Å². The molecule has 0 fully saturated rings. The van der Waals surface area contributed by atoms with Gasteiger partial charge in [0.05, 0.1) is 6.10 Å². The van der Waals surface area contributed by atoms with E-state index in [1.54, 1.807) is 0 Å². The van der Waals surface area contributed by atoms with Gasteiger partial charge in [-0.25, -0.2) is 0 Å². The second-order valence-corrected chi connectivity index (χ2v) is 5.62. The number of hydrogen-bond donors (Lipinski definition) is 1. The van der Waals surface area contributed by atoms with Crippen molar-refractivity contribution in [1.29, 1.82) is 0 Å². The molecule has 2 heteroatoms. The summed E-state index contributed by atoms with van der Waals surface area (Å²) in [6, 6.07) is 8.15. The smallest absolute Gasteiger partial charge is 0.0934 e. The molecule has 0 saturated carbocycles. The van der Waals surface area contributed by atoms with Crippen molar-refractivity contribution < 1.29 is 5.11 Å².